The predicted octanol–water partition coefficient (Wildman–Crippen LogP) is 3.30. The van der Waals surface area contributed by atoms with Gasteiger partial charge in [-0.3, -0.25) is 9.59 Å². The molecule has 1 N–H and O–H groups in total. The fourth-order valence-corrected chi connectivity index (χ4v) is 4.48. The molecule has 1 amide bonds. The number of hydrogen-bond acceptors (Lipinski definition) is 7. The van der Waals surface area contributed by atoms with Crippen LogP contribution in [-0.2, 0) is 4.79 Å². The molecule has 160 valence electrons. The summed E-state index contributed by atoms with van der Waals surface area (Å²) < 4.78 is 5.78. The standard InChI is InChI=1S/C22H27N3O4S/c1-6-29-16-10-8-7-9-15(16)18-17(19(26)21-13(2)23-14(3)30-21)20(27)22(28)25(18)12-11-24(4)5/h7-10,18,27H,6,11-12H2,1-5H3. The van der Waals surface area contributed by atoms with Crippen molar-refractivity contribution in [2.45, 2.75) is 26.8 Å². The number of amides is 1. The SMILES string of the molecule is CCOc1ccccc1C1C(C(=O)c2sc(C)nc2C)=C(O)C(=O)N1CCN(C)C. The second kappa shape index (κ2) is 8.97. The Bertz CT molecular complexity index is 996. The van der Waals surface area contributed by atoms with E-state index in [1.807, 2.05) is 57.1 Å². The molecule has 2 heterocycles. The lowest BCUT2D eigenvalue weighted by molar-refractivity contribution is -0.129. The fourth-order valence-electron chi connectivity index (χ4n) is 3.60. The molecule has 0 spiro atoms. The highest BCUT2D eigenvalue weighted by atomic mass is 32.1. The van der Waals surface area contributed by atoms with Crippen LogP contribution in [0, 0.1) is 13.8 Å². The highest BCUT2D eigenvalue weighted by Crippen LogP contribution is 2.43. The van der Waals surface area contributed by atoms with Crippen LogP contribution in [0.15, 0.2) is 35.6 Å². The Labute approximate surface area is 180 Å². The number of carbonyl (C=O) groups excluding carboxylic acids is 2. The molecule has 0 radical (unpaired) electrons. The first kappa shape index (κ1) is 22.0. The number of aromatic nitrogens is 1. The minimum absolute atomic E-state index is 0.0812. The van der Waals surface area contributed by atoms with Crippen LogP contribution in [0.4, 0.5) is 0 Å². The molecule has 0 bridgehead atoms. The average Bonchev–Trinajstić information content (AvgIpc) is 3.16. The topological polar surface area (TPSA) is 83.0 Å². The molecule has 3 rings (SSSR count). The Balaban J connectivity index is 2.14. The maximum atomic E-state index is 13.5. The molecule has 1 aliphatic heterocycles. The van der Waals surface area contributed by atoms with Crippen molar-refractivity contribution >= 4 is 23.0 Å². The molecule has 0 fully saturated rings. The van der Waals surface area contributed by atoms with Crippen LogP contribution in [-0.4, -0.2) is 65.4 Å². The van der Waals surface area contributed by atoms with Gasteiger partial charge in [-0.25, -0.2) is 4.98 Å². The summed E-state index contributed by atoms with van der Waals surface area (Å²) in [5.74, 6) is -0.826. The maximum absolute atomic E-state index is 13.5. The minimum Gasteiger partial charge on any atom is -0.503 e. The Morgan fingerprint density at radius 3 is 2.60 bits per heavy atom. The number of aryl methyl sites for hydroxylation is 2. The van der Waals surface area contributed by atoms with Crippen molar-refractivity contribution in [2.75, 3.05) is 33.8 Å². The summed E-state index contributed by atoms with van der Waals surface area (Å²) in [5, 5.41) is 11.5. The molecular weight excluding hydrogens is 402 g/mol. The lowest BCUT2D eigenvalue weighted by Crippen LogP contribution is -2.36. The van der Waals surface area contributed by atoms with Gasteiger partial charge in [0.2, 0.25) is 5.78 Å². The zero-order valence-corrected chi connectivity index (χ0v) is 18.7. The van der Waals surface area contributed by atoms with Crippen LogP contribution in [0.25, 0.3) is 0 Å². The van der Waals surface area contributed by atoms with Crippen LogP contribution in [0.1, 0.15) is 38.9 Å². The number of nitrogens with zero attached hydrogens (tertiary/aromatic N) is 3. The molecule has 1 aliphatic rings. The van der Waals surface area contributed by atoms with Gasteiger partial charge in [-0.2, -0.15) is 0 Å². The molecule has 1 aromatic heterocycles. The van der Waals surface area contributed by atoms with Gasteiger partial charge in [0.1, 0.15) is 5.75 Å². The number of ketones is 1. The van der Waals surface area contributed by atoms with Crippen LogP contribution in [0.2, 0.25) is 0 Å². The second-order valence-electron chi connectivity index (χ2n) is 7.41. The molecule has 0 aliphatic carbocycles. The zero-order valence-electron chi connectivity index (χ0n) is 17.9. The van der Waals surface area contributed by atoms with Gasteiger partial charge in [0.05, 0.1) is 33.8 Å². The number of hydrogen-bond donors (Lipinski definition) is 1. The number of para-hydroxylation sites is 1. The van der Waals surface area contributed by atoms with E-state index in [1.54, 1.807) is 11.8 Å². The van der Waals surface area contributed by atoms with Crippen molar-refractivity contribution in [1.82, 2.24) is 14.8 Å². The number of likely N-dealkylation sites (N-methyl/N-ethyl adjacent to an activating group) is 1. The summed E-state index contributed by atoms with van der Waals surface area (Å²) in [6.45, 7) is 6.86. The van der Waals surface area contributed by atoms with E-state index in [0.29, 0.717) is 41.6 Å². The molecule has 1 atom stereocenters. The first-order valence-corrected chi connectivity index (χ1v) is 10.7. The van der Waals surface area contributed by atoms with E-state index in [1.165, 1.54) is 11.3 Å². The second-order valence-corrected chi connectivity index (χ2v) is 8.62. The Morgan fingerprint density at radius 1 is 1.30 bits per heavy atom. The zero-order chi connectivity index (χ0) is 22.0. The van der Waals surface area contributed by atoms with Gasteiger partial charge in [0, 0.05) is 18.7 Å². The van der Waals surface area contributed by atoms with Gasteiger partial charge in [-0.1, -0.05) is 18.2 Å². The van der Waals surface area contributed by atoms with Crippen molar-refractivity contribution in [1.29, 1.82) is 0 Å². The third-order valence-corrected chi connectivity index (χ3v) is 6.03. The van der Waals surface area contributed by atoms with Gasteiger partial charge >= 0.3 is 0 Å². The molecule has 0 saturated carbocycles. The number of thiazole rings is 1. The number of rotatable bonds is 8. The summed E-state index contributed by atoms with van der Waals surface area (Å²) in [7, 11) is 3.82. The number of carbonyl (C=O) groups is 2. The van der Waals surface area contributed by atoms with Crippen LogP contribution < -0.4 is 4.74 Å². The van der Waals surface area contributed by atoms with Gasteiger partial charge in [0.15, 0.2) is 5.76 Å². The monoisotopic (exact) mass is 429 g/mol. The molecule has 7 nitrogen and oxygen atoms in total. The molecular formula is C22H27N3O4S. The summed E-state index contributed by atoms with van der Waals surface area (Å²) in [6, 6.07) is 6.60. The average molecular weight is 430 g/mol. The smallest absolute Gasteiger partial charge is 0.290 e. The summed E-state index contributed by atoms with van der Waals surface area (Å²) in [4.78, 5) is 34.8. The minimum atomic E-state index is -0.727. The van der Waals surface area contributed by atoms with Crippen LogP contribution in [0.5, 0.6) is 5.75 Å². The molecule has 1 unspecified atom stereocenters. The molecule has 30 heavy (non-hydrogen) atoms. The van der Waals surface area contributed by atoms with Gasteiger partial charge in [-0.05, 0) is 40.9 Å². The Hall–Kier alpha value is -2.71. The maximum Gasteiger partial charge on any atom is 0.290 e. The Kier molecular flexibility index (Phi) is 6.58. The molecule has 0 saturated heterocycles. The highest BCUT2D eigenvalue weighted by molar-refractivity contribution is 7.14. The van der Waals surface area contributed by atoms with Crippen molar-refractivity contribution in [3.63, 3.8) is 0 Å². The van der Waals surface area contributed by atoms with Crippen molar-refractivity contribution in [2.24, 2.45) is 0 Å². The van der Waals surface area contributed by atoms with E-state index in [-0.39, 0.29) is 11.4 Å². The fraction of sp³-hybridized carbons (Fsp3) is 0.409. The third kappa shape index (κ3) is 4.11. The predicted molar refractivity (Wildman–Crippen MR) is 116 cm³/mol. The molecule has 8 heteroatoms. The first-order chi connectivity index (χ1) is 14.3. The van der Waals surface area contributed by atoms with Gasteiger partial charge < -0.3 is 19.6 Å². The van der Waals surface area contributed by atoms with E-state index in [0.717, 1.165) is 5.01 Å². The molecule has 2 aromatic rings. The van der Waals surface area contributed by atoms with E-state index in [4.69, 9.17) is 4.74 Å². The van der Waals surface area contributed by atoms with Crippen LogP contribution in [0.3, 0.4) is 0 Å². The number of ether oxygens (including phenoxy) is 1. The summed E-state index contributed by atoms with van der Waals surface area (Å²) in [5.41, 5.74) is 1.36. The largest absolute Gasteiger partial charge is 0.503 e. The third-order valence-electron chi connectivity index (χ3n) is 4.96. The lowest BCUT2D eigenvalue weighted by atomic mass is 9.94. The quantitative estimate of drug-likeness (QED) is 0.649. The van der Waals surface area contributed by atoms with Crippen molar-refractivity contribution in [3.8, 4) is 5.75 Å². The van der Waals surface area contributed by atoms with Crippen molar-refractivity contribution < 1.29 is 19.4 Å². The normalized spacial score (nSPS) is 16.7. The Morgan fingerprint density at radius 2 is 2.00 bits per heavy atom. The lowest BCUT2D eigenvalue weighted by Gasteiger charge is -2.29. The number of aliphatic hydroxyl groups excluding tert-OH is 1. The summed E-state index contributed by atoms with van der Waals surface area (Å²) >= 11 is 1.27. The number of aliphatic hydroxyl groups is 1. The van der Waals surface area contributed by atoms with E-state index >= 15 is 0 Å². The summed E-state index contributed by atoms with van der Waals surface area (Å²) in [6.07, 6.45) is 0. The number of Topliss-reactive ketones (excluding diaryl/α,β-unsaturated/α-hetero) is 1. The number of benzene rings is 1. The van der Waals surface area contributed by atoms with Crippen LogP contribution >= 0.6 is 11.3 Å². The van der Waals surface area contributed by atoms with Gasteiger partial charge in [-0.15, -0.1) is 11.3 Å². The van der Waals surface area contributed by atoms with E-state index in [9.17, 15) is 14.7 Å². The van der Waals surface area contributed by atoms with Crippen molar-refractivity contribution in [3.05, 3.63) is 56.7 Å². The van der Waals surface area contributed by atoms with E-state index < -0.39 is 17.7 Å². The highest BCUT2D eigenvalue weighted by Gasteiger charge is 2.45. The van der Waals surface area contributed by atoms with E-state index in [2.05, 4.69) is 4.98 Å². The van der Waals surface area contributed by atoms with Gasteiger partial charge in [0.25, 0.3) is 5.91 Å². The first-order valence-electron chi connectivity index (χ1n) is 9.85. The molecule has 1 aromatic carbocycles.